The lowest BCUT2D eigenvalue weighted by Crippen LogP contribution is -2.25. The molecular formula is C11H15NO4. The summed E-state index contributed by atoms with van der Waals surface area (Å²) in [6.45, 7) is 1.88. The second kappa shape index (κ2) is 4.19. The zero-order valence-electron chi connectivity index (χ0n) is 9.27. The van der Waals surface area contributed by atoms with Gasteiger partial charge in [0.25, 0.3) is 0 Å². The maximum absolute atomic E-state index is 10.0. The van der Waals surface area contributed by atoms with Gasteiger partial charge in [-0.1, -0.05) is 0 Å². The molecule has 1 aromatic rings. The molecule has 2 rings (SSSR count). The second-order valence-corrected chi connectivity index (χ2v) is 3.72. The number of benzene rings is 1. The fourth-order valence-electron chi connectivity index (χ4n) is 1.70. The van der Waals surface area contributed by atoms with Crippen molar-refractivity contribution < 1.29 is 19.3 Å². The van der Waals surface area contributed by atoms with Gasteiger partial charge in [-0.25, -0.2) is 0 Å². The molecule has 0 amide bonds. The van der Waals surface area contributed by atoms with Gasteiger partial charge in [0.15, 0.2) is 11.5 Å². The van der Waals surface area contributed by atoms with Gasteiger partial charge in [0.05, 0.1) is 12.7 Å². The minimum absolute atomic E-state index is 0.154. The van der Waals surface area contributed by atoms with E-state index in [1.54, 1.807) is 19.1 Å². The van der Waals surface area contributed by atoms with Gasteiger partial charge in [-0.05, 0) is 19.1 Å². The first kappa shape index (κ1) is 11.0. The summed E-state index contributed by atoms with van der Waals surface area (Å²) >= 11 is 0. The first-order valence-electron chi connectivity index (χ1n) is 5.05. The number of aliphatic hydroxyl groups excluding tert-OH is 1. The summed E-state index contributed by atoms with van der Waals surface area (Å²) in [5.41, 5.74) is 6.23. The van der Waals surface area contributed by atoms with Gasteiger partial charge in [0.2, 0.25) is 6.79 Å². The van der Waals surface area contributed by atoms with Crippen LogP contribution in [0.4, 0.5) is 0 Å². The SMILES string of the molecule is COc1ccc2c(c1C(O)C(C)N)OCO2. The Morgan fingerprint density at radius 1 is 1.44 bits per heavy atom. The number of rotatable bonds is 3. The molecule has 88 valence electrons. The van der Waals surface area contributed by atoms with Gasteiger partial charge in [-0.3, -0.25) is 0 Å². The molecule has 0 radical (unpaired) electrons. The standard InChI is InChI=1S/C11H15NO4/c1-6(12)10(13)9-7(14-2)3-4-8-11(9)16-5-15-8/h3-4,6,10,13H,5,12H2,1-2H3. The molecule has 5 nitrogen and oxygen atoms in total. The third-order valence-electron chi connectivity index (χ3n) is 2.55. The Morgan fingerprint density at radius 3 is 2.81 bits per heavy atom. The minimum atomic E-state index is -0.841. The van der Waals surface area contributed by atoms with Gasteiger partial charge in [0.1, 0.15) is 11.9 Å². The van der Waals surface area contributed by atoms with Crippen molar-refractivity contribution in [1.29, 1.82) is 0 Å². The van der Waals surface area contributed by atoms with E-state index in [2.05, 4.69) is 0 Å². The molecule has 0 bridgehead atoms. The van der Waals surface area contributed by atoms with Crippen molar-refractivity contribution in [1.82, 2.24) is 0 Å². The van der Waals surface area contributed by atoms with Gasteiger partial charge in [-0.2, -0.15) is 0 Å². The molecule has 1 heterocycles. The number of hydrogen-bond acceptors (Lipinski definition) is 5. The first-order chi connectivity index (χ1) is 7.65. The Morgan fingerprint density at radius 2 is 2.19 bits per heavy atom. The van der Waals surface area contributed by atoms with Crippen LogP contribution in [0.3, 0.4) is 0 Å². The topological polar surface area (TPSA) is 73.9 Å². The predicted octanol–water partition coefficient (Wildman–Crippen LogP) is 0.805. The Labute approximate surface area is 93.7 Å². The monoisotopic (exact) mass is 225 g/mol. The lowest BCUT2D eigenvalue weighted by atomic mass is 10.0. The predicted molar refractivity (Wildman–Crippen MR) is 57.7 cm³/mol. The normalized spacial score (nSPS) is 17.0. The molecular weight excluding hydrogens is 210 g/mol. The summed E-state index contributed by atoms with van der Waals surface area (Å²) in [6, 6.07) is 3.07. The molecule has 1 aliphatic rings. The van der Waals surface area contributed by atoms with Crippen LogP contribution < -0.4 is 19.9 Å². The average molecular weight is 225 g/mol. The maximum atomic E-state index is 10.0. The molecule has 0 aliphatic carbocycles. The van der Waals surface area contributed by atoms with E-state index in [0.29, 0.717) is 22.8 Å². The largest absolute Gasteiger partial charge is 0.496 e. The number of nitrogens with two attached hydrogens (primary N) is 1. The molecule has 0 spiro atoms. The highest BCUT2D eigenvalue weighted by atomic mass is 16.7. The highest BCUT2D eigenvalue weighted by molar-refractivity contribution is 5.56. The molecule has 0 saturated heterocycles. The third-order valence-corrected chi connectivity index (χ3v) is 2.55. The van der Waals surface area contributed by atoms with E-state index in [0.717, 1.165) is 0 Å². The van der Waals surface area contributed by atoms with E-state index in [1.165, 1.54) is 7.11 Å². The van der Waals surface area contributed by atoms with E-state index < -0.39 is 12.1 Å². The molecule has 2 unspecified atom stereocenters. The Balaban J connectivity index is 2.51. The highest BCUT2D eigenvalue weighted by Crippen LogP contribution is 2.44. The molecule has 0 aromatic heterocycles. The number of fused-ring (bicyclic) bond motifs is 1. The summed E-state index contributed by atoms with van der Waals surface area (Å²) in [4.78, 5) is 0. The summed E-state index contributed by atoms with van der Waals surface area (Å²) in [5, 5.41) is 10.0. The van der Waals surface area contributed by atoms with Gasteiger partial charge in [0, 0.05) is 6.04 Å². The van der Waals surface area contributed by atoms with E-state index in [4.69, 9.17) is 19.9 Å². The Bertz CT molecular complexity index is 392. The number of methoxy groups -OCH3 is 1. The van der Waals surface area contributed by atoms with Gasteiger partial charge in [-0.15, -0.1) is 0 Å². The molecule has 0 fully saturated rings. The van der Waals surface area contributed by atoms with Crippen LogP contribution in [-0.2, 0) is 0 Å². The third kappa shape index (κ3) is 1.68. The van der Waals surface area contributed by atoms with Crippen molar-refractivity contribution in [2.24, 2.45) is 5.73 Å². The van der Waals surface area contributed by atoms with Crippen molar-refractivity contribution >= 4 is 0 Å². The van der Waals surface area contributed by atoms with Gasteiger partial charge < -0.3 is 25.1 Å². The van der Waals surface area contributed by atoms with Crippen LogP contribution >= 0.6 is 0 Å². The van der Waals surface area contributed by atoms with Crippen LogP contribution in [-0.4, -0.2) is 25.1 Å². The number of ether oxygens (including phenoxy) is 3. The van der Waals surface area contributed by atoms with Crippen molar-refractivity contribution in [2.75, 3.05) is 13.9 Å². The quantitative estimate of drug-likeness (QED) is 0.796. The maximum Gasteiger partial charge on any atom is 0.231 e. The summed E-state index contributed by atoms with van der Waals surface area (Å²) < 4.78 is 15.8. The van der Waals surface area contributed by atoms with Gasteiger partial charge >= 0.3 is 0 Å². The molecule has 0 saturated carbocycles. The van der Waals surface area contributed by atoms with Crippen molar-refractivity contribution in [2.45, 2.75) is 19.1 Å². The van der Waals surface area contributed by atoms with E-state index in [9.17, 15) is 5.11 Å². The van der Waals surface area contributed by atoms with Crippen LogP contribution in [0, 0.1) is 0 Å². The number of hydrogen-bond donors (Lipinski definition) is 2. The van der Waals surface area contributed by atoms with Crippen LogP contribution in [0.15, 0.2) is 12.1 Å². The molecule has 1 aliphatic heterocycles. The zero-order valence-corrected chi connectivity index (χ0v) is 9.27. The molecule has 3 N–H and O–H groups in total. The summed E-state index contributed by atoms with van der Waals surface area (Å²) in [5.74, 6) is 1.67. The highest BCUT2D eigenvalue weighted by Gasteiger charge is 2.28. The molecule has 5 heteroatoms. The molecule has 1 aromatic carbocycles. The lowest BCUT2D eigenvalue weighted by Gasteiger charge is -2.19. The Kier molecular flexibility index (Phi) is 2.89. The van der Waals surface area contributed by atoms with E-state index in [1.807, 2.05) is 0 Å². The van der Waals surface area contributed by atoms with Crippen LogP contribution in [0.2, 0.25) is 0 Å². The smallest absolute Gasteiger partial charge is 0.231 e. The van der Waals surface area contributed by atoms with Crippen molar-refractivity contribution in [3.05, 3.63) is 17.7 Å². The van der Waals surface area contributed by atoms with E-state index >= 15 is 0 Å². The number of aliphatic hydroxyl groups is 1. The average Bonchev–Trinajstić information content (AvgIpc) is 2.74. The molecule has 2 atom stereocenters. The fraction of sp³-hybridized carbons (Fsp3) is 0.455. The van der Waals surface area contributed by atoms with Crippen LogP contribution in [0.5, 0.6) is 17.2 Å². The van der Waals surface area contributed by atoms with Crippen molar-refractivity contribution in [3.63, 3.8) is 0 Å². The zero-order chi connectivity index (χ0) is 11.7. The second-order valence-electron chi connectivity index (χ2n) is 3.72. The van der Waals surface area contributed by atoms with Crippen LogP contribution in [0.25, 0.3) is 0 Å². The lowest BCUT2D eigenvalue weighted by molar-refractivity contribution is 0.139. The molecule has 16 heavy (non-hydrogen) atoms. The van der Waals surface area contributed by atoms with Crippen LogP contribution in [0.1, 0.15) is 18.6 Å². The summed E-state index contributed by atoms with van der Waals surface area (Å²) in [7, 11) is 1.54. The summed E-state index contributed by atoms with van der Waals surface area (Å²) in [6.07, 6.45) is -0.841. The Hall–Kier alpha value is -1.46. The van der Waals surface area contributed by atoms with E-state index in [-0.39, 0.29) is 6.79 Å². The fourth-order valence-corrected chi connectivity index (χ4v) is 1.70. The minimum Gasteiger partial charge on any atom is -0.496 e. The van der Waals surface area contributed by atoms with Crippen molar-refractivity contribution in [3.8, 4) is 17.2 Å². The first-order valence-corrected chi connectivity index (χ1v) is 5.05.